The first kappa shape index (κ1) is 22.5. The van der Waals surface area contributed by atoms with E-state index in [4.69, 9.17) is 4.74 Å². The summed E-state index contributed by atoms with van der Waals surface area (Å²) in [6.07, 6.45) is -1.91. The molecule has 1 saturated carbocycles. The maximum Gasteiger partial charge on any atom is 0.156 e. The number of ketones is 1. The Morgan fingerprint density at radius 3 is 2.41 bits per heavy atom. The van der Waals surface area contributed by atoms with Gasteiger partial charge in [0.2, 0.25) is 0 Å². The number of hydrogen-bond donors (Lipinski definition) is 5. The topological polar surface area (TPSA) is 127 Å². The highest BCUT2D eigenvalue weighted by atomic mass is 16.5. The summed E-state index contributed by atoms with van der Waals surface area (Å²) in [5.41, 5.74) is -1.06. The Balaban J connectivity index is 2.00. The van der Waals surface area contributed by atoms with Crippen molar-refractivity contribution in [3.8, 4) is 0 Å². The molecule has 7 heteroatoms. The van der Waals surface area contributed by atoms with Crippen molar-refractivity contribution in [1.29, 1.82) is 0 Å². The van der Waals surface area contributed by atoms with Crippen molar-refractivity contribution in [2.45, 2.75) is 89.5 Å². The second kappa shape index (κ2) is 8.27. The molecule has 0 saturated heterocycles. The first-order valence-electron chi connectivity index (χ1n) is 9.67. The zero-order chi connectivity index (χ0) is 20.6. The van der Waals surface area contributed by atoms with Crippen molar-refractivity contribution in [1.82, 2.24) is 0 Å². The van der Waals surface area contributed by atoms with E-state index in [1.54, 1.807) is 6.92 Å². The molecule has 7 atom stereocenters. The fourth-order valence-corrected chi connectivity index (χ4v) is 4.44. The molecule has 1 fully saturated rings. The maximum atomic E-state index is 11.8. The van der Waals surface area contributed by atoms with Gasteiger partial charge in [-0.15, -0.1) is 0 Å². The van der Waals surface area contributed by atoms with Gasteiger partial charge in [0, 0.05) is 24.4 Å². The van der Waals surface area contributed by atoms with Crippen molar-refractivity contribution >= 4 is 5.78 Å². The lowest BCUT2D eigenvalue weighted by Crippen LogP contribution is -2.55. The van der Waals surface area contributed by atoms with Crippen LogP contribution in [0, 0.1) is 11.3 Å². The Labute approximate surface area is 160 Å². The largest absolute Gasteiger partial charge is 0.396 e. The smallest absolute Gasteiger partial charge is 0.156 e. The second-order valence-electron chi connectivity index (χ2n) is 8.89. The van der Waals surface area contributed by atoms with Gasteiger partial charge in [-0.05, 0) is 44.8 Å². The Morgan fingerprint density at radius 2 is 1.85 bits per heavy atom. The van der Waals surface area contributed by atoms with E-state index in [0.717, 1.165) is 0 Å². The highest BCUT2D eigenvalue weighted by Crippen LogP contribution is 2.46. The molecule has 5 N–H and O–H groups in total. The van der Waals surface area contributed by atoms with E-state index in [2.05, 4.69) is 0 Å². The van der Waals surface area contributed by atoms with Crippen molar-refractivity contribution in [2.75, 3.05) is 6.61 Å². The number of aliphatic hydroxyl groups is 5. The molecule has 156 valence electrons. The third-order valence-corrected chi connectivity index (χ3v) is 6.42. The van der Waals surface area contributed by atoms with Crippen LogP contribution in [0.1, 0.15) is 53.4 Å². The van der Waals surface area contributed by atoms with E-state index >= 15 is 0 Å². The summed E-state index contributed by atoms with van der Waals surface area (Å²) in [7, 11) is 0. The highest BCUT2D eigenvalue weighted by molar-refractivity contribution is 5.92. The molecule has 0 amide bonds. The molecule has 2 rings (SSSR count). The average Bonchev–Trinajstić information content (AvgIpc) is 2.58. The van der Waals surface area contributed by atoms with E-state index in [9.17, 15) is 30.3 Å². The lowest BCUT2D eigenvalue weighted by atomic mass is 9.63. The quantitative estimate of drug-likeness (QED) is 0.445. The molecule has 27 heavy (non-hydrogen) atoms. The number of carbonyl (C=O) groups is 1. The van der Waals surface area contributed by atoms with Gasteiger partial charge in [0.25, 0.3) is 0 Å². The molecular formula is C20H34O7. The molecule has 0 aromatic heterocycles. The van der Waals surface area contributed by atoms with E-state index in [1.807, 2.05) is 20.8 Å². The van der Waals surface area contributed by atoms with Crippen LogP contribution in [-0.2, 0) is 9.53 Å². The van der Waals surface area contributed by atoms with Crippen molar-refractivity contribution in [2.24, 2.45) is 11.3 Å². The van der Waals surface area contributed by atoms with Crippen molar-refractivity contribution < 1.29 is 35.1 Å². The minimum absolute atomic E-state index is 0.0133. The number of hydrogen-bond acceptors (Lipinski definition) is 7. The molecular weight excluding hydrogens is 352 g/mol. The van der Waals surface area contributed by atoms with Gasteiger partial charge in [-0.3, -0.25) is 4.79 Å². The summed E-state index contributed by atoms with van der Waals surface area (Å²) < 4.78 is 5.89. The van der Waals surface area contributed by atoms with Gasteiger partial charge in [-0.1, -0.05) is 13.8 Å². The first-order chi connectivity index (χ1) is 12.4. The molecule has 0 aromatic rings. The molecule has 2 aliphatic carbocycles. The van der Waals surface area contributed by atoms with Crippen LogP contribution >= 0.6 is 0 Å². The zero-order valence-electron chi connectivity index (χ0n) is 16.6. The summed E-state index contributed by atoms with van der Waals surface area (Å²) in [6.45, 7) is 7.04. The van der Waals surface area contributed by atoms with Gasteiger partial charge in [-0.2, -0.15) is 0 Å². The summed E-state index contributed by atoms with van der Waals surface area (Å²) >= 11 is 0. The predicted octanol–water partition coefficient (Wildman–Crippen LogP) is 0.312. The molecule has 7 nitrogen and oxygen atoms in total. The highest BCUT2D eigenvalue weighted by Gasteiger charge is 2.48. The Hall–Kier alpha value is -0.830. The third kappa shape index (κ3) is 4.44. The van der Waals surface area contributed by atoms with E-state index < -0.39 is 41.3 Å². The Bertz CT molecular complexity index is 571. The van der Waals surface area contributed by atoms with E-state index in [0.29, 0.717) is 18.4 Å². The van der Waals surface area contributed by atoms with Crippen LogP contribution < -0.4 is 0 Å². The normalized spacial score (nSPS) is 40.6. The zero-order valence-corrected chi connectivity index (χ0v) is 16.6. The van der Waals surface area contributed by atoms with Crippen molar-refractivity contribution in [3.63, 3.8) is 0 Å². The molecule has 0 aromatic carbocycles. The minimum atomic E-state index is -1.37. The summed E-state index contributed by atoms with van der Waals surface area (Å²) in [5.74, 6) is -0.544. The summed E-state index contributed by atoms with van der Waals surface area (Å²) in [5, 5.41) is 50.6. The average molecular weight is 386 g/mol. The van der Waals surface area contributed by atoms with Crippen LogP contribution in [0.25, 0.3) is 0 Å². The lowest BCUT2D eigenvalue weighted by molar-refractivity contribution is -0.190. The summed E-state index contributed by atoms with van der Waals surface area (Å²) in [6, 6.07) is 0. The molecule has 0 heterocycles. The van der Waals surface area contributed by atoms with Gasteiger partial charge >= 0.3 is 0 Å². The van der Waals surface area contributed by atoms with Gasteiger partial charge in [0.15, 0.2) is 5.78 Å². The Kier molecular flexibility index (Phi) is 6.88. The Morgan fingerprint density at radius 1 is 1.22 bits per heavy atom. The van der Waals surface area contributed by atoms with Crippen LogP contribution in [0.2, 0.25) is 0 Å². The van der Waals surface area contributed by atoms with Gasteiger partial charge < -0.3 is 30.3 Å². The minimum Gasteiger partial charge on any atom is -0.396 e. The second-order valence-corrected chi connectivity index (χ2v) is 8.89. The summed E-state index contributed by atoms with van der Waals surface area (Å²) in [4.78, 5) is 11.8. The van der Waals surface area contributed by atoms with Crippen LogP contribution in [0.3, 0.4) is 0 Å². The molecule has 0 radical (unpaired) electrons. The predicted molar refractivity (Wildman–Crippen MR) is 98.9 cm³/mol. The van der Waals surface area contributed by atoms with E-state index in [-0.39, 0.29) is 31.3 Å². The maximum absolute atomic E-state index is 11.8. The van der Waals surface area contributed by atoms with Crippen LogP contribution in [0.5, 0.6) is 0 Å². The SMILES string of the molecule is CC1=CC(=O)CC(C)(C)[C@@]1(O)CC[C@@H](C)O[C@@H]1C[C@H](CO)[C@@H](O)[C@H](O)[C@H]1O. The van der Waals surface area contributed by atoms with Gasteiger partial charge in [-0.25, -0.2) is 0 Å². The van der Waals surface area contributed by atoms with Crippen molar-refractivity contribution in [3.05, 3.63) is 11.6 Å². The number of carbonyl (C=O) groups excluding carboxylic acids is 1. The number of allylic oxidation sites excluding steroid dienone is 1. The molecule has 0 aliphatic heterocycles. The monoisotopic (exact) mass is 386 g/mol. The number of rotatable bonds is 6. The molecule has 0 spiro atoms. The molecule has 2 aliphatic rings. The third-order valence-electron chi connectivity index (χ3n) is 6.42. The first-order valence-corrected chi connectivity index (χ1v) is 9.67. The fourth-order valence-electron chi connectivity index (χ4n) is 4.44. The fraction of sp³-hybridized carbons (Fsp3) is 0.850. The van der Waals surface area contributed by atoms with E-state index in [1.165, 1.54) is 6.08 Å². The number of ether oxygens (including phenoxy) is 1. The lowest BCUT2D eigenvalue weighted by Gasteiger charge is -2.46. The van der Waals surface area contributed by atoms with Gasteiger partial charge in [0.05, 0.1) is 23.9 Å². The molecule has 0 unspecified atom stereocenters. The van der Waals surface area contributed by atoms with Crippen LogP contribution in [0.4, 0.5) is 0 Å². The van der Waals surface area contributed by atoms with Gasteiger partial charge in [0.1, 0.15) is 12.2 Å². The standard InChI is InChI=1S/C20H34O7/c1-11-7-14(22)9-19(3,4)20(11,26)6-5-12(2)27-15-8-13(10-21)16(23)18(25)17(15)24/h7,12-13,15-18,21,23-26H,5-6,8-10H2,1-4H3/t12-,13-,15-,16-,17+,18+,20-/m1/s1. The van der Waals surface area contributed by atoms with Crippen LogP contribution in [-0.4, -0.2) is 74.0 Å². The van der Waals surface area contributed by atoms with Crippen LogP contribution in [0.15, 0.2) is 11.6 Å². The molecule has 0 bridgehead atoms. The number of aliphatic hydroxyl groups excluding tert-OH is 4.